The van der Waals surface area contributed by atoms with E-state index in [1.807, 2.05) is 0 Å². The Morgan fingerprint density at radius 1 is 0.968 bits per heavy atom. The van der Waals surface area contributed by atoms with Crippen molar-refractivity contribution >= 4 is 41.9 Å². The van der Waals surface area contributed by atoms with Crippen LogP contribution >= 0.6 is 0 Å². The number of alkyl carbamates (subject to hydrolysis) is 1. The molecule has 1 aromatic rings. The van der Waals surface area contributed by atoms with Crippen LogP contribution in [0.5, 0.6) is 0 Å². The molecule has 1 heterocycles. The molecule has 5 aliphatic rings. The topological polar surface area (TPSA) is 237 Å². The average molecular weight is 870 g/mol. The van der Waals surface area contributed by atoms with E-state index >= 15 is 4.79 Å². The summed E-state index contributed by atoms with van der Waals surface area (Å²) in [6.07, 6.45) is -12.2. The maximum Gasteiger partial charge on any atom is 0.509 e. The van der Waals surface area contributed by atoms with E-state index in [1.165, 1.54) is 32.9 Å². The lowest BCUT2D eigenvalue weighted by Crippen LogP contribution is -2.80. The zero-order valence-corrected chi connectivity index (χ0v) is 37.1. The highest BCUT2D eigenvalue weighted by molar-refractivity contribution is 5.96. The Kier molecular flexibility index (Phi) is 12.2. The van der Waals surface area contributed by atoms with E-state index in [-0.39, 0.29) is 41.9 Å². The van der Waals surface area contributed by atoms with E-state index in [0.717, 1.165) is 6.92 Å². The lowest BCUT2D eigenvalue weighted by molar-refractivity contribution is -0.296. The first-order chi connectivity index (χ1) is 28.7. The Hall–Kier alpha value is -5.03. The molecule has 17 heteroatoms. The van der Waals surface area contributed by atoms with Crippen LogP contribution in [0.4, 0.5) is 9.59 Å². The van der Waals surface area contributed by atoms with Crippen molar-refractivity contribution in [3.63, 3.8) is 0 Å². The molecule has 3 saturated carbocycles. The molecule has 12 atom stereocenters. The van der Waals surface area contributed by atoms with E-state index < -0.39 is 124 Å². The van der Waals surface area contributed by atoms with E-state index in [9.17, 15) is 39.0 Å². The summed E-state index contributed by atoms with van der Waals surface area (Å²) >= 11 is 0. The molecule has 6 rings (SSSR count). The van der Waals surface area contributed by atoms with Crippen molar-refractivity contribution in [3.8, 4) is 0 Å². The summed E-state index contributed by atoms with van der Waals surface area (Å²) in [6.45, 7) is 16.9. The first-order valence-electron chi connectivity index (χ1n) is 21.1. The molecule has 4 fully saturated rings. The van der Waals surface area contributed by atoms with Crippen molar-refractivity contribution in [2.24, 2.45) is 28.6 Å². The quantitative estimate of drug-likeness (QED) is 0.165. The van der Waals surface area contributed by atoms with Gasteiger partial charge in [-0.25, -0.2) is 19.2 Å². The van der Waals surface area contributed by atoms with Crippen LogP contribution in [0.25, 0.3) is 0 Å². The summed E-state index contributed by atoms with van der Waals surface area (Å²) in [5.74, 6) is -6.96. The van der Waals surface area contributed by atoms with Crippen LogP contribution in [0.2, 0.25) is 0 Å². The molecule has 2 bridgehead atoms. The molecule has 1 spiro atoms. The Morgan fingerprint density at radius 3 is 2.16 bits per heavy atom. The van der Waals surface area contributed by atoms with Crippen molar-refractivity contribution in [3.05, 3.63) is 47.0 Å². The maximum atomic E-state index is 15.6. The van der Waals surface area contributed by atoms with Gasteiger partial charge in [-0.2, -0.15) is 0 Å². The molecule has 17 nitrogen and oxygen atoms in total. The number of aliphatic hydroxyl groups is 2. The second-order valence-corrected chi connectivity index (χ2v) is 19.4. The molecule has 1 aliphatic heterocycles. The van der Waals surface area contributed by atoms with Crippen molar-refractivity contribution in [2.45, 2.75) is 161 Å². The molecule has 1 saturated heterocycles. The largest absolute Gasteiger partial charge is 0.509 e. The fourth-order valence-corrected chi connectivity index (χ4v) is 10.9. The molecule has 1 aromatic carbocycles. The first-order valence-corrected chi connectivity index (χ1v) is 21.1. The second kappa shape index (κ2) is 16.3. The van der Waals surface area contributed by atoms with Crippen LogP contribution in [-0.4, -0.2) is 112 Å². The molecule has 340 valence electrons. The number of ether oxygens (including phenoxy) is 7. The molecule has 3 N–H and O–H groups in total. The maximum absolute atomic E-state index is 15.6. The van der Waals surface area contributed by atoms with Crippen LogP contribution < -0.4 is 5.32 Å². The number of esters is 4. The molecular weight excluding hydrogens is 810 g/mol. The Morgan fingerprint density at radius 2 is 1.61 bits per heavy atom. The van der Waals surface area contributed by atoms with E-state index in [4.69, 9.17) is 33.2 Å². The van der Waals surface area contributed by atoms with Crippen LogP contribution in [0.1, 0.15) is 112 Å². The fourth-order valence-electron chi connectivity index (χ4n) is 10.9. The number of Topliss-reactive ketones (excluding diaryl/α,β-unsaturated/α-hetero) is 1. The van der Waals surface area contributed by atoms with Gasteiger partial charge in [0.15, 0.2) is 36.3 Å². The molecule has 62 heavy (non-hydrogen) atoms. The summed E-state index contributed by atoms with van der Waals surface area (Å²) in [5, 5.41) is 26.4. The van der Waals surface area contributed by atoms with Crippen LogP contribution in [0.3, 0.4) is 0 Å². The normalized spacial score (nSPS) is 34.2. The zero-order valence-electron chi connectivity index (χ0n) is 37.1. The van der Waals surface area contributed by atoms with E-state index in [1.54, 1.807) is 66.7 Å². The van der Waals surface area contributed by atoms with Gasteiger partial charge in [-0.1, -0.05) is 45.9 Å². The monoisotopic (exact) mass is 869 g/mol. The Labute approximate surface area is 360 Å². The van der Waals surface area contributed by atoms with E-state index in [0.29, 0.717) is 6.42 Å². The number of benzene rings is 1. The smallest absolute Gasteiger partial charge is 0.458 e. The number of nitrogens with one attached hydrogen (secondary N) is 1. The van der Waals surface area contributed by atoms with Gasteiger partial charge >= 0.3 is 36.1 Å². The predicted molar refractivity (Wildman–Crippen MR) is 215 cm³/mol. The van der Waals surface area contributed by atoms with Gasteiger partial charge in [0.05, 0.1) is 29.0 Å². The van der Waals surface area contributed by atoms with Gasteiger partial charge in [0.2, 0.25) is 5.60 Å². The van der Waals surface area contributed by atoms with E-state index in [2.05, 4.69) is 5.32 Å². The number of fused-ring (bicyclic) bond motifs is 4. The number of rotatable bonds is 10. The van der Waals surface area contributed by atoms with Gasteiger partial charge in [-0.15, -0.1) is 0 Å². The molecule has 1 amide bonds. The van der Waals surface area contributed by atoms with Gasteiger partial charge in [-0.3, -0.25) is 14.4 Å². The summed E-state index contributed by atoms with van der Waals surface area (Å²) in [7, 11) is 0. The third-order valence-corrected chi connectivity index (χ3v) is 13.5. The average Bonchev–Trinajstić information content (AvgIpc) is 3.52. The number of aliphatic hydroxyl groups excluding tert-OH is 2. The summed E-state index contributed by atoms with van der Waals surface area (Å²) in [6, 6.07) is 6.59. The number of hydrogen-bond acceptors (Lipinski definition) is 16. The number of carbonyl (C=O) groups excluding carboxylic acids is 7. The molecule has 4 aliphatic carbocycles. The van der Waals surface area contributed by atoms with Crippen LogP contribution in [0.15, 0.2) is 41.5 Å². The van der Waals surface area contributed by atoms with Gasteiger partial charge < -0.3 is 48.7 Å². The van der Waals surface area contributed by atoms with Crippen LogP contribution in [-0.2, 0) is 52.3 Å². The molecular formula is C45H59NO16. The minimum Gasteiger partial charge on any atom is -0.458 e. The SMILES string of the molecule is CC(=O)O[C@H]1C(=O)[C@@]2(C)C(C(OC(=O)c3ccccc3)[C@]34OC(=O)O[C@H]3[C@H](OC(=O)[C@H](O)[C@H](CC(C)C)NC(=O)OC(C)(C)C)C(C)=C1C4(C)C)[C@]1(OC(C)=O)CC[C@@H]1C[C@H]2O. The standard InChI is InChI=1S/C45H59NO16/c1-21(2)19-27(46-39(54)61-41(6,7)8)30(50)38(53)57-31-22(3)29-32(56-23(4)47)34(51)43(11)28(49)20-26-17-18-44(26,60-24(5)48)33(43)36(58-37(52)25-15-13-12-14-16-25)45(42(29,9)10)35(31)59-40(55)62-45/h12-16,21,26-28,30-33,35-36,49-50H,17-20H2,1-11H3,(H,46,54)/t26-,27+,28-,30-,31-,32-,33?,35+,36?,43-,44+,45-/m1/s1. The minimum absolute atomic E-state index is 0.0185. The fraction of sp³-hybridized carbons (Fsp3) is 0.667. The van der Waals surface area contributed by atoms with Gasteiger partial charge in [0, 0.05) is 25.2 Å². The number of ketones is 1. The lowest BCUT2D eigenvalue weighted by atomic mass is 9.40. The minimum atomic E-state index is -2.30. The van der Waals surface area contributed by atoms with Crippen molar-refractivity contribution in [1.82, 2.24) is 5.32 Å². The third-order valence-electron chi connectivity index (χ3n) is 13.5. The van der Waals surface area contributed by atoms with Crippen LogP contribution in [0, 0.1) is 28.6 Å². The number of carbonyl (C=O) groups is 7. The molecule has 0 aromatic heterocycles. The Bertz CT molecular complexity index is 2040. The highest BCUT2D eigenvalue weighted by atomic mass is 16.8. The molecule has 0 radical (unpaired) electrons. The molecule has 2 unspecified atom stereocenters. The third kappa shape index (κ3) is 7.62. The summed E-state index contributed by atoms with van der Waals surface area (Å²) in [4.78, 5) is 97.5. The first kappa shape index (κ1) is 46.5. The van der Waals surface area contributed by atoms with Gasteiger partial charge in [0.1, 0.15) is 11.2 Å². The van der Waals surface area contributed by atoms with Crippen molar-refractivity contribution < 1.29 is 76.9 Å². The van der Waals surface area contributed by atoms with Gasteiger partial charge in [-0.05, 0) is 89.5 Å². The second-order valence-electron chi connectivity index (χ2n) is 19.4. The Balaban J connectivity index is 1.61. The lowest BCUT2D eigenvalue weighted by Gasteiger charge is -2.68. The summed E-state index contributed by atoms with van der Waals surface area (Å²) in [5.41, 5.74) is -8.49. The van der Waals surface area contributed by atoms with Gasteiger partial charge in [0.25, 0.3) is 0 Å². The van der Waals surface area contributed by atoms with Crippen molar-refractivity contribution in [2.75, 3.05) is 0 Å². The number of amides is 1. The van der Waals surface area contributed by atoms with Crippen molar-refractivity contribution in [1.29, 1.82) is 0 Å². The highest BCUT2D eigenvalue weighted by Gasteiger charge is 2.82. The predicted octanol–water partition coefficient (Wildman–Crippen LogP) is 4.67. The highest BCUT2D eigenvalue weighted by Crippen LogP contribution is 2.69. The summed E-state index contributed by atoms with van der Waals surface area (Å²) < 4.78 is 42.5. The zero-order chi connectivity index (χ0) is 46.1. The number of hydrogen-bond donors (Lipinski definition) is 3.